The fraction of sp³-hybridized carbons (Fsp3) is 0.524. The average Bonchev–Trinajstić information content (AvgIpc) is 2.63. The van der Waals surface area contributed by atoms with Gasteiger partial charge in [0.1, 0.15) is 0 Å². The molecule has 2 atom stereocenters. The smallest absolute Gasteiger partial charge is 0.0604 e. The zero-order chi connectivity index (χ0) is 17.6. The molecule has 134 valence electrons. The molecule has 0 amide bonds. The summed E-state index contributed by atoms with van der Waals surface area (Å²) in [5.41, 5.74) is 10.8. The highest BCUT2D eigenvalue weighted by Crippen LogP contribution is 2.42. The maximum Gasteiger partial charge on any atom is 0.0604 e. The predicted molar refractivity (Wildman–Crippen MR) is 102 cm³/mol. The van der Waals surface area contributed by atoms with Crippen LogP contribution in [0.25, 0.3) is 0 Å². The SMILES string of the molecule is Cc1cccnc1C1CCC[C@@H](c2ncccc2C)N1CCCCN. The minimum Gasteiger partial charge on any atom is -0.330 e. The Labute approximate surface area is 151 Å². The summed E-state index contributed by atoms with van der Waals surface area (Å²) in [5.74, 6) is 0. The maximum absolute atomic E-state index is 5.74. The van der Waals surface area contributed by atoms with Crippen molar-refractivity contribution in [1.29, 1.82) is 0 Å². The fourth-order valence-corrected chi connectivity index (χ4v) is 4.08. The summed E-state index contributed by atoms with van der Waals surface area (Å²) in [7, 11) is 0. The third-order valence-corrected chi connectivity index (χ3v) is 5.36. The number of nitrogens with two attached hydrogens (primary N) is 1. The molecule has 0 radical (unpaired) electrons. The Morgan fingerprint density at radius 3 is 2.00 bits per heavy atom. The molecule has 4 nitrogen and oxygen atoms in total. The van der Waals surface area contributed by atoms with Crippen molar-refractivity contribution in [3.63, 3.8) is 0 Å². The van der Waals surface area contributed by atoms with E-state index in [1.807, 2.05) is 24.5 Å². The van der Waals surface area contributed by atoms with Crippen LogP contribution in [0.3, 0.4) is 0 Å². The lowest BCUT2D eigenvalue weighted by atomic mass is 9.88. The monoisotopic (exact) mass is 338 g/mol. The number of rotatable bonds is 6. The largest absolute Gasteiger partial charge is 0.330 e. The number of aryl methyl sites for hydroxylation is 2. The lowest BCUT2D eigenvalue weighted by molar-refractivity contribution is 0.0745. The number of hydrogen-bond acceptors (Lipinski definition) is 4. The second-order valence-electron chi connectivity index (χ2n) is 7.11. The Hall–Kier alpha value is -1.78. The number of nitrogens with zero attached hydrogens (tertiary/aromatic N) is 3. The lowest BCUT2D eigenvalue weighted by Crippen LogP contribution is -2.38. The highest BCUT2D eigenvalue weighted by molar-refractivity contribution is 5.25. The molecule has 0 spiro atoms. The van der Waals surface area contributed by atoms with E-state index in [1.165, 1.54) is 41.8 Å². The van der Waals surface area contributed by atoms with Crippen molar-refractivity contribution in [1.82, 2.24) is 14.9 Å². The molecule has 3 heterocycles. The molecule has 4 heteroatoms. The Morgan fingerprint density at radius 1 is 0.960 bits per heavy atom. The van der Waals surface area contributed by atoms with Gasteiger partial charge in [0.2, 0.25) is 0 Å². The van der Waals surface area contributed by atoms with E-state index in [0.717, 1.165) is 25.9 Å². The van der Waals surface area contributed by atoms with Crippen molar-refractivity contribution in [2.24, 2.45) is 5.73 Å². The first kappa shape index (κ1) is 18.0. The Morgan fingerprint density at radius 2 is 1.52 bits per heavy atom. The molecule has 2 N–H and O–H groups in total. The van der Waals surface area contributed by atoms with E-state index in [9.17, 15) is 0 Å². The number of likely N-dealkylation sites (tertiary alicyclic amines) is 1. The minimum absolute atomic E-state index is 0.374. The highest BCUT2D eigenvalue weighted by atomic mass is 15.2. The number of pyridine rings is 2. The van der Waals surface area contributed by atoms with Gasteiger partial charge in [0.05, 0.1) is 23.5 Å². The van der Waals surface area contributed by atoms with Gasteiger partial charge in [0.25, 0.3) is 0 Å². The van der Waals surface area contributed by atoms with E-state index in [1.54, 1.807) is 0 Å². The summed E-state index contributed by atoms with van der Waals surface area (Å²) in [6.45, 7) is 6.17. The third-order valence-electron chi connectivity index (χ3n) is 5.36. The van der Waals surface area contributed by atoms with Crippen LogP contribution in [0.15, 0.2) is 36.7 Å². The molecule has 0 bridgehead atoms. The van der Waals surface area contributed by atoms with Crippen LogP contribution in [0.4, 0.5) is 0 Å². The first-order valence-corrected chi connectivity index (χ1v) is 9.51. The van der Waals surface area contributed by atoms with E-state index in [-0.39, 0.29) is 0 Å². The number of piperidine rings is 1. The van der Waals surface area contributed by atoms with Crippen molar-refractivity contribution < 1.29 is 0 Å². The first-order valence-electron chi connectivity index (χ1n) is 9.51. The van der Waals surface area contributed by atoms with Gasteiger partial charge in [0.15, 0.2) is 0 Å². The molecule has 1 unspecified atom stereocenters. The van der Waals surface area contributed by atoms with Crippen LogP contribution in [-0.2, 0) is 0 Å². The van der Waals surface area contributed by atoms with Crippen molar-refractivity contribution in [3.05, 3.63) is 59.2 Å². The number of unbranched alkanes of at least 4 members (excludes halogenated alkanes) is 1. The van der Waals surface area contributed by atoms with E-state index in [4.69, 9.17) is 15.7 Å². The van der Waals surface area contributed by atoms with Crippen LogP contribution < -0.4 is 5.73 Å². The Kier molecular flexibility index (Phi) is 6.16. The van der Waals surface area contributed by atoms with E-state index in [0.29, 0.717) is 12.1 Å². The molecule has 0 aromatic carbocycles. The van der Waals surface area contributed by atoms with Gasteiger partial charge in [-0.1, -0.05) is 12.1 Å². The van der Waals surface area contributed by atoms with Crippen LogP contribution in [0.5, 0.6) is 0 Å². The Balaban J connectivity index is 1.94. The van der Waals surface area contributed by atoms with E-state index >= 15 is 0 Å². The van der Waals surface area contributed by atoms with Gasteiger partial charge in [-0.15, -0.1) is 0 Å². The van der Waals surface area contributed by atoms with Crippen molar-refractivity contribution in [2.45, 2.75) is 58.0 Å². The summed E-state index contributed by atoms with van der Waals surface area (Å²) >= 11 is 0. The van der Waals surface area contributed by atoms with E-state index < -0.39 is 0 Å². The standard InChI is InChI=1S/C21H30N4/c1-16-8-6-13-23-20(16)18-10-5-11-19(25(18)15-4-3-12-22)21-17(2)9-7-14-24-21/h6-9,13-14,18-19H,3-5,10-12,15,22H2,1-2H3/t18-,19?/m0/s1. The lowest BCUT2D eigenvalue weighted by Gasteiger charge is -2.42. The number of hydrogen-bond donors (Lipinski definition) is 1. The molecule has 3 rings (SSSR count). The first-order chi connectivity index (χ1) is 12.2. The van der Waals surface area contributed by atoms with Crippen LogP contribution in [0.2, 0.25) is 0 Å². The molecule has 2 aromatic rings. The summed E-state index contributed by atoms with van der Waals surface area (Å²) in [6, 6.07) is 9.16. The molecule has 2 aromatic heterocycles. The molecule has 1 aliphatic heterocycles. The second-order valence-corrected chi connectivity index (χ2v) is 7.11. The molecule has 1 aliphatic rings. The summed E-state index contributed by atoms with van der Waals surface area (Å²) in [5, 5.41) is 0. The molecule has 1 fully saturated rings. The molecule has 0 aliphatic carbocycles. The molecular formula is C21H30N4. The van der Waals surface area contributed by atoms with Gasteiger partial charge in [-0.3, -0.25) is 14.9 Å². The Bertz CT molecular complexity index is 632. The molecular weight excluding hydrogens is 308 g/mol. The van der Waals surface area contributed by atoms with Crippen LogP contribution in [0, 0.1) is 13.8 Å². The predicted octanol–water partition coefficient (Wildman–Crippen LogP) is 4.10. The zero-order valence-corrected chi connectivity index (χ0v) is 15.5. The quantitative estimate of drug-likeness (QED) is 0.806. The van der Waals surface area contributed by atoms with Gasteiger partial charge in [-0.05, 0) is 82.3 Å². The molecule has 0 saturated carbocycles. The van der Waals surface area contributed by atoms with Gasteiger partial charge in [0, 0.05) is 12.4 Å². The summed E-state index contributed by atoms with van der Waals surface area (Å²) in [4.78, 5) is 12.1. The fourth-order valence-electron chi connectivity index (χ4n) is 4.08. The third kappa shape index (κ3) is 4.07. The van der Waals surface area contributed by atoms with Gasteiger partial charge in [-0.25, -0.2) is 0 Å². The van der Waals surface area contributed by atoms with Gasteiger partial charge in [-0.2, -0.15) is 0 Å². The second kappa shape index (κ2) is 8.54. The number of aromatic nitrogens is 2. The summed E-state index contributed by atoms with van der Waals surface area (Å²) in [6.07, 6.45) is 9.60. The topological polar surface area (TPSA) is 55.0 Å². The molecule has 1 saturated heterocycles. The maximum atomic E-state index is 5.74. The van der Waals surface area contributed by atoms with Crippen molar-refractivity contribution in [2.75, 3.05) is 13.1 Å². The highest BCUT2D eigenvalue weighted by Gasteiger charge is 2.34. The average molecular weight is 338 g/mol. The van der Waals surface area contributed by atoms with Gasteiger partial charge >= 0.3 is 0 Å². The van der Waals surface area contributed by atoms with Crippen molar-refractivity contribution in [3.8, 4) is 0 Å². The van der Waals surface area contributed by atoms with Crippen LogP contribution in [0.1, 0.15) is 66.7 Å². The van der Waals surface area contributed by atoms with Crippen molar-refractivity contribution >= 4 is 0 Å². The molecule has 25 heavy (non-hydrogen) atoms. The minimum atomic E-state index is 0.374. The van der Waals surface area contributed by atoms with E-state index in [2.05, 4.69) is 30.9 Å². The van der Waals surface area contributed by atoms with Crippen LogP contribution >= 0.6 is 0 Å². The zero-order valence-electron chi connectivity index (χ0n) is 15.5. The van der Waals surface area contributed by atoms with Gasteiger partial charge < -0.3 is 5.73 Å². The summed E-state index contributed by atoms with van der Waals surface area (Å²) < 4.78 is 0. The normalized spacial score (nSPS) is 21.4. The van der Waals surface area contributed by atoms with Crippen LogP contribution in [-0.4, -0.2) is 28.0 Å².